The fourth-order valence-corrected chi connectivity index (χ4v) is 3.44. The third-order valence-corrected chi connectivity index (χ3v) is 5.23. The second-order valence-corrected chi connectivity index (χ2v) is 7.98. The van der Waals surface area contributed by atoms with E-state index in [0.717, 1.165) is 15.4 Å². The van der Waals surface area contributed by atoms with E-state index in [4.69, 9.17) is 11.2 Å². The van der Waals surface area contributed by atoms with Gasteiger partial charge < -0.3 is 10.1 Å². The minimum atomic E-state index is -0.438. The molecule has 0 saturated heterocycles. The number of ether oxygens (including phenoxy) is 1. The Bertz CT molecular complexity index is 1150. The first-order valence-electron chi connectivity index (χ1n) is 9.56. The van der Waals surface area contributed by atoms with Crippen LogP contribution in [-0.4, -0.2) is 16.6 Å². The van der Waals surface area contributed by atoms with Gasteiger partial charge in [0.1, 0.15) is 11.5 Å². The number of amides is 1. The molecule has 0 atom stereocenters. The Balaban J connectivity index is 1.32. The van der Waals surface area contributed by atoms with E-state index >= 15 is 0 Å². The Morgan fingerprint density at radius 1 is 1.10 bits per heavy atom. The number of terminal acetylenes is 1. The van der Waals surface area contributed by atoms with Crippen molar-refractivity contribution in [2.75, 3.05) is 5.32 Å². The molecule has 1 aliphatic heterocycles. The van der Waals surface area contributed by atoms with Gasteiger partial charge in [-0.2, -0.15) is 10.2 Å². The van der Waals surface area contributed by atoms with Gasteiger partial charge in [0.05, 0.1) is 5.52 Å². The van der Waals surface area contributed by atoms with Crippen LogP contribution in [0.25, 0.3) is 10.9 Å². The summed E-state index contributed by atoms with van der Waals surface area (Å²) in [7, 11) is 0. The van der Waals surface area contributed by atoms with Crippen LogP contribution in [0.5, 0.6) is 11.5 Å². The zero-order chi connectivity index (χ0) is 21.0. The second-order valence-electron chi connectivity index (χ2n) is 7.07. The van der Waals surface area contributed by atoms with Crippen LogP contribution in [0, 0.1) is 12.3 Å². The molecule has 1 aliphatic rings. The lowest BCUT2D eigenvalue weighted by Crippen LogP contribution is -2.17. The molecule has 6 nitrogen and oxygen atoms in total. The number of fused-ring (bicyclic) bond motifs is 1. The number of halogens is 1. The minimum absolute atomic E-state index is 0.0753. The van der Waals surface area contributed by atoms with E-state index in [1.165, 1.54) is 0 Å². The molecule has 0 spiro atoms. The molecular formula is C23H19BrN4O2. The number of pyridine rings is 1. The predicted octanol–water partition coefficient (Wildman–Crippen LogP) is 6.08. The van der Waals surface area contributed by atoms with E-state index < -0.39 is 5.66 Å². The smallest absolute Gasteiger partial charge is 0.224 e. The fraction of sp³-hybridized carbons (Fsp3) is 0.217. The molecule has 0 aliphatic carbocycles. The number of nitrogens with zero attached hydrogens (tertiary/aromatic N) is 3. The Morgan fingerprint density at radius 3 is 2.60 bits per heavy atom. The van der Waals surface area contributed by atoms with Gasteiger partial charge in [0.25, 0.3) is 0 Å². The molecule has 7 heteroatoms. The first-order chi connectivity index (χ1) is 14.5. The number of nitrogens with one attached hydrogen (secondary N) is 1. The van der Waals surface area contributed by atoms with Gasteiger partial charge in [-0.1, -0.05) is 0 Å². The average molecular weight is 463 g/mol. The van der Waals surface area contributed by atoms with E-state index in [0.29, 0.717) is 42.9 Å². The Morgan fingerprint density at radius 2 is 1.87 bits per heavy atom. The van der Waals surface area contributed by atoms with Crippen molar-refractivity contribution >= 4 is 38.4 Å². The molecule has 30 heavy (non-hydrogen) atoms. The SMILES string of the molecule is C#CCCC1(CCC(=O)Nc2ccc(Oc3ccc4ncc(Br)cc4c3)cc2)N=N1. The van der Waals surface area contributed by atoms with Crippen molar-refractivity contribution in [1.82, 2.24) is 4.98 Å². The van der Waals surface area contributed by atoms with Gasteiger partial charge in [0.15, 0.2) is 5.66 Å². The van der Waals surface area contributed by atoms with Crippen molar-refractivity contribution < 1.29 is 9.53 Å². The van der Waals surface area contributed by atoms with Crippen molar-refractivity contribution in [3.05, 3.63) is 59.2 Å². The molecule has 0 saturated carbocycles. The zero-order valence-electron chi connectivity index (χ0n) is 16.1. The van der Waals surface area contributed by atoms with Crippen LogP contribution in [0.15, 0.2) is 69.4 Å². The number of aromatic nitrogens is 1. The lowest BCUT2D eigenvalue weighted by molar-refractivity contribution is -0.116. The van der Waals surface area contributed by atoms with E-state index in [9.17, 15) is 4.79 Å². The Labute approximate surface area is 182 Å². The third-order valence-electron chi connectivity index (χ3n) is 4.80. The molecule has 150 valence electrons. The summed E-state index contributed by atoms with van der Waals surface area (Å²) in [6.07, 6.45) is 9.28. The van der Waals surface area contributed by atoms with E-state index in [1.54, 1.807) is 6.20 Å². The highest BCUT2D eigenvalue weighted by molar-refractivity contribution is 9.10. The summed E-state index contributed by atoms with van der Waals surface area (Å²) >= 11 is 3.43. The molecule has 0 bridgehead atoms. The number of carbonyl (C=O) groups is 1. The maximum Gasteiger partial charge on any atom is 0.224 e. The quantitative estimate of drug-likeness (QED) is 0.411. The topological polar surface area (TPSA) is 75.9 Å². The highest BCUT2D eigenvalue weighted by Crippen LogP contribution is 2.37. The number of hydrogen-bond acceptors (Lipinski definition) is 5. The molecule has 0 radical (unpaired) electrons. The predicted molar refractivity (Wildman–Crippen MR) is 119 cm³/mol. The summed E-state index contributed by atoms with van der Waals surface area (Å²) in [4.78, 5) is 16.6. The van der Waals surface area contributed by atoms with E-state index in [2.05, 4.69) is 42.4 Å². The van der Waals surface area contributed by atoms with Crippen molar-refractivity contribution in [2.45, 2.75) is 31.3 Å². The number of carbonyl (C=O) groups excluding carboxylic acids is 1. The molecule has 0 unspecified atom stereocenters. The third kappa shape index (κ3) is 5.02. The molecule has 2 aromatic carbocycles. The van der Waals surface area contributed by atoms with E-state index in [1.807, 2.05) is 48.5 Å². The Hall–Kier alpha value is -3.24. The maximum absolute atomic E-state index is 12.2. The summed E-state index contributed by atoms with van der Waals surface area (Å²) < 4.78 is 6.84. The van der Waals surface area contributed by atoms with Crippen LogP contribution >= 0.6 is 15.9 Å². The van der Waals surface area contributed by atoms with Crippen LogP contribution in [0.1, 0.15) is 25.7 Å². The summed E-state index contributed by atoms with van der Waals surface area (Å²) in [5, 5.41) is 12.0. The standard InChI is InChI=1S/C23H19BrN4O2/c1-2-3-11-23(27-28-23)12-10-22(29)26-18-4-6-19(7-5-18)30-20-8-9-21-16(14-20)13-17(24)15-25-21/h1,4-9,13-15H,3,10-12H2,(H,26,29). The second kappa shape index (κ2) is 8.64. The van der Waals surface area contributed by atoms with Crippen LogP contribution < -0.4 is 10.1 Å². The first-order valence-corrected chi connectivity index (χ1v) is 10.4. The molecule has 3 aromatic rings. The van der Waals surface area contributed by atoms with Gasteiger partial charge in [0.2, 0.25) is 5.91 Å². The number of benzene rings is 2. The zero-order valence-corrected chi connectivity index (χ0v) is 17.7. The van der Waals surface area contributed by atoms with Gasteiger partial charge in [-0.05, 0) is 64.5 Å². The highest BCUT2D eigenvalue weighted by Gasteiger charge is 2.39. The van der Waals surface area contributed by atoms with E-state index in [-0.39, 0.29) is 5.91 Å². The maximum atomic E-state index is 12.2. The first kappa shape index (κ1) is 20.0. The van der Waals surface area contributed by atoms with Gasteiger partial charge in [-0.3, -0.25) is 9.78 Å². The fourth-order valence-electron chi connectivity index (χ4n) is 3.09. The summed E-state index contributed by atoms with van der Waals surface area (Å²) in [6, 6.07) is 15.0. The largest absolute Gasteiger partial charge is 0.457 e. The Kier molecular flexibility index (Phi) is 5.77. The van der Waals surface area contributed by atoms with Crippen LogP contribution in [0.3, 0.4) is 0 Å². The van der Waals surface area contributed by atoms with Gasteiger partial charge in [0, 0.05) is 47.4 Å². The molecule has 1 N–H and O–H groups in total. The summed E-state index contributed by atoms with van der Waals surface area (Å²) in [6.45, 7) is 0. The number of hydrogen-bond donors (Lipinski definition) is 1. The lowest BCUT2D eigenvalue weighted by Gasteiger charge is -2.10. The van der Waals surface area contributed by atoms with Crippen LogP contribution in [-0.2, 0) is 4.79 Å². The normalized spacial score (nSPS) is 13.6. The molecule has 2 heterocycles. The average Bonchev–Trinajstić information content (AvgIpc) is 3.52. The molecule has 1 amide bonds. The van der Waals surface area contributed by atoms with Crippen molar-refractivity contribution in [3.63, 3.8) is 0 Å². The van der Waals surface area contributed by atoms with Gasteiger partial charge in [-0.15, -0.1) is 12.3 Å². The number of anilines is 1. The van der Waals surface area contributed by atoms with Gasteiger partial charge in [-0.25, -0.2) is 0 Å². The molecule has 1 aromatic heterocycles. The van der Waals surface area contributed by atoms with Crippen molar-refractivity contribution in [2.24, 2.45) is 10.2 Å². The molecule has 4 rings (SSSR count). The minimum Gasteiger partial charge on any atom is -0.457 e. The van der Waals surface area contributed by atoms with Gasteiger partial charge >= 0.3 is 0 Å². The van der Waals surface area contributed by atoms with Crippen LogP contribution in [0.2, 0.25) is 0 Å². The molecule has 0 fully saturated rings. The number of rotatable bonds is 8. The van der Waals surface area contributed by atoms with Crippen molar-refractivity contribution in [3.8, 4) is 23.8 Å². The summed E-state index contributed by atoms with van der Waals surface area (Å²) in [5.74, 6) is 3.91. The van der Waals surface area contributed by atoms with Crippen molar-refractivity contribution in [1.29, 1.82) is 0 Å². The highest BCUT2D eigenvalue weighted by atomic mass is 79.9. The van der Waals surface area contributed by atoms with Crippen LogP contribution in [0.4, 0.5) is 5.69 Å². The molecular weight excluding hydrogens is 444 g/mol. The monoisotopic (exact) mass is 462 g/mol. The lowest BCUT2D eigenvalue weighted by atomic mass is 10.0. The summed E-state index contributed by atoms with van der Waals surface area (Å²) in [5.41, 5.74) is 1.17.